The first-order chi connectivity index (χ1) is 10.6. The van der Waals surface area contributed by atoms with Crippen LogP contribution in [0, 0.1) is 5.82 Å². The van der Waals surface area contributed by atoms with Gasteiger partial charge in [0.05, 0.1) is 19.9 Å². The fourth-order valence-electron chi connectivity index (χ4n) is 2.86. The third-order valence-corrected chi connectivity index (χ3v) is 3.86. The number of benzene rings is 2. The molecule has 0 bridgehead atoms. The first-order valence-electron chi connectivity index (χ1n) is 6.94. The lowest BCUT2D eigenvalue weighted by molar-refractivity contribution is -0.116. The first kappa shape index (κ1) is 14.4. The first-order valence-corrected chi connectivity index (χ1v) is 6.94. The molecule has 4 nitrogen and oxygen atoms in total. The molecule has 114 valence electrons. The van der Waals surface area contributed by atoms with Crippen LogP contribution in [0.3, 0.4) is 0 Å². The molecule has 1 N–H and O–H groups in total. The van der Waals surface area contributed by atoms with Crippen LogP contribution in [0.5, 0.6) is 11.5 Å². The van der Waals surface area contributed by atoms with Crippen molar-refractivity contribution in [1.29, 1.82) is 0 Å². The van der Waals surface area contributed by atoms with Crippen LogP contribution in [-0.4, -0.2) is 20.1 Å². The topological polar surface area (TPSA) is 47.6 Å². The number of carbonyl (C=O) groups excluding carboxylic acids is 1. The lowest BCUT2D eigenvalue weighted by Crippen LogP contribution is -2.24. The largest absolute Gasteiger partial charge is 0.497 e. The molecule has 0 aliphatic carbocycles. The third-order valence-electron chi connectivity index (χ3n) is 3.86. The van der Waals surface area contributed by atoms with Crippen molar-refractivity contribution in [3.05, 3.63) is 53.3 Å². The van der Waals surface area contributed by atoms with Gasteiger partial charge in [0.25, 0.3) is 0 Å². The van der Waals surface area contributed by atoms with Crippen LogP contribution in [0.2, 0.25) is 0 Å². The minimum atomic E-state index is -0.384. The highest BCUT2D eigenvalue weighted by molar-refractivity contribution is 5.96. The molecular weight excluding hydrogens is 285 g/mol. The fourth-order valence-corrected chi connectivity index (χ4v) is 2.86. The zero-order valence-corrected chi connectivity index (χ0v) is 12.4. The van der Waals surface area contributed by atoms with E-state index in [9.17, 15) is 9.18 Å². The molecule has 0 fully saturated rings. The van der Waals surface area contributed by atoms with Crippen LogP contribution in [0.4, 0.5) is 10.1 Å². The molecule has 2 aromatic carbocycles. The molecule has 0 saturated heterocycles. The molecule has 0 spiro atoms. The second-order valence-corrected chi connectivity index (χ2v) is 5.12. The van der Waals surface area contributed by atoms with Gasteiger partial charge in [-0.15, -0.1) is 0 Å². The number of methoxy groups -OCH3 is 2. The summed E-state index contributed by atoms with van der Waals surface area (Å²) in [6, 6.07) is 9.96. The Morgan fingerprint density at radius 2 is 1.95 bits per heavy atom. The summed E-state index contributed by atoms with van der Waals surface area (Å²) in [5.41, 5.74) is 1.86. The summed E-state index contributed by atoms with van der Waals surface area (Å²) in [5, 5.41) is 2.81. The molecule has 0 radical (unpaired) electrons. The highest BCUT2D eigenvalue weighted by atomic mass is 19.1. The molecule has 1 heterocycles. The van der Waals surface area contributed by atoms with E-state index in [4.69, 9.17) is 9.47 Å². The van der Waals surface area contributed by atoms with Gasteiger partial charge in [-0.25, -0.2) is 4.39 Å². The number of ether oxygens (including phenoxy) is 2. The predicted molar refractivity (Wildman–Crippen MR) is 81.0 cm³/mol. The molecule has 0 aromatic heterocycles. The van der Waals surface area contributed by atoms with Crippen molar-refractivity contribution in [1.82, 2.24) is 0 Å². The van der Waals surface area contributed by atoms with Crippen LogP contribution in [0.1, 0.15) is 23.5 Å². The number of nitrogens with one attached hydrogen (secondary N) is 1. The average molecular weight is 301 g/mol. The van der Waals surface area contributed by atoms with Gasteiger partial charge in [0.15, 0.2) is 0 Å². The number of hydrogen-bond donors (Lipinski definition) is 1. The Labute approximate surface area is 127 Å². The van der Waals surface area contributed by atoms with Crippen molar-refractivity contribution in [2.24, 2.45) is 0 Å². The lowest BCUT2D eigenvalue weighted by atomic mass is 9.84. The monoisotopic (exact) mass is 301 g/mol. The maximum absolute atomic E-state index is 14.2. The van der Waals surface area contributed by atoms with E-state index < -0.39 is 0 Å². The van der Waals surface area contributed by atoms with Gasteiger partial charge >= 0.3 is 0 Å². The second-order valence-electron chi connectivity index (χ2n) is 5.12. The van der Waals surface area contributed by atoms with E-state index in [1.807, 2.05) is 0 Å². The zero-order valence-electron chi connectivity index (χ0n) is 12.4. The molecule has 1 unspecified atom stereocenters. The summed E-state index contributed by atoms with van der Waals surface area (Å²) < 4.78 is 24.8. The number of rotatable bonds is 3. The van der Waals surface area contributed by atoms with E-state index in [0.717, 1.165) is 5.56 Å². The van der Waals surface area contributed by atoms with Crippen LogP contribution in [-0.2, 0) is 4.79 Å². The summed E-state index contributed by atoms with van der Waals surface area (Å²) in [6.07, 6.45) is 0.177. The molecular formula is C17H16FNO3. The molecule has 2 aromatic rings. The van der Waals surface area contributed by atoms with E-state index in [1.54, 1.807) is 44.6 Å². The molecule has 1 aliphatic rings. The molecule has 5 heteroatoms. The van der Waals surface area contributed by atoms with Crippen molar-refractivity contribution < 1.29 is 18.7 Å². The molecule has 22 heavy (non-hydrogen) atoms. The van der Waals surface area contributed by atoms with Crippen molar-refractivity contribution in [3.8, 4) is 11.5 Å². The number of anilines is 1. The highest BCUT2D eigenvalue weighted by Gasteiger charge is 2.31. The number of amides is 1. The Kier molecular flexibility index (Phi) is 3.71. The minimum Gasteiger partial charge on any atom is -0.497 e. The molecule has 0 saturated carbocycles. The van der Waals surface area contributed by atoms with Gasteiger partial charge in [0.2, 0.25) is 5.91 Å². The van der Waals surface area contributed by atoms with Gasteiger partial charge < -0.3 is 14.8 Å². The Morgan fingerprint density at radius 1 is 1.18 bits per heavy atom. The molecule has 1 amide bonds. The van der Waals surface area contributed by atoms with E-state index in [2.05, 4.69) is 5.32 Å². The lowest BCUT2D eigenvalue weighted by Gasteiger charge is -2.28. The summed E-state index contributed by atoms with van der Waals surface area (Å²) in [7, 11) is 3.09. The van der Waals surface area contributed by atoms with Crippen LogP contribution >= 0.6 is 0 Å². The van der Waals surface area contributed by atoms with Crippen molar-refractivity contribution in [2.75, 3.05) is 19.5 Å². The Hall–Kier alpha value is -2.56. The molecule has 1 atom stereocenters. The highest BCUT2D eigenvalue weighted by Crippen LogP contribution is 2.45. The Morgan fingerprint density at radius 3 is 2.64 bits per heavy atom. The van der Waals surface area contributed by atoms with E-state index in [0.29, 0.717) is 22.7 Å². The van der Waals surface area contributed by atoms with Crippen molar-refractivity contribution in [2.45, 2.75) is 12.3 Å². The van der Waals surface area contributed by atoms with Gasteiger partial charge in [-0.05, 0) is 11.6 Å². The normalized spacial score (nSPS) is 16.7. The van der Waals surface area contributed by atoms with Crippen molar-refractivity contribution >= 4 is 11.6 Å². The van der Waals surface area contributed by atoms with Crippen LogP contribution in [0.25, 0.3) is 0 Å². The molecule has 1 aliphatic heterocycles. The van der Waals surface area contributed by atoms with E-state index >= 15 is 0 Å². The quantitative estimate of drug-likeness (QED) is 0.946. The number of carbonyl (C=O) groups is 1. The van der Waals surface area contributed by atoms with Crippen LogP contribution in [0.15, 0.2) is 36.4 Å². The predicted octanol–water partition coefficient (Wildman–Crippen LogP) is 3.32. The van der Waals surface area contributed by atoms with Gasteiger partial charge in [-0.1, -0.05) is 18.2 Å². The summed E-state index contributed by atoms with van der Waals surface area (Å²) in [4.78, 5) is 12.0. The second kappa shape index (κ2) is 5.67. The minimum absolute atomic E-state index is 0.156. The van der Waals surface area contributed by atoms with E-state index in [1.165, 1.54) is 6.07 Å². The van der Waals surface area contributed by atoms with Crippen LogP contribution < -0.4 is 14.8 Å². The van der Waals surface area contributed by atoms with Gasteiger partial charge in [0.1, 0.15) is 17.3 Å². The molecule has 3 rings (SSSR count). The average Bonchev–Trinajstić information content (AvgIpc) is 2.53. The third kappa shape index (κ3) is 2.39. The van der Waals surface area contributed by atoms with Gasteiger partial charge in [0, 0.05) is 30.0 Å². The maximum atomic E-state index is 14.2. The number of fused-ring (bicyclic) bond motifs is 1. The Balaban J connectivity index is 2.20. The summed E-state index contributed by atoms with van der Waals surface area (Å²) in [5.74, 6) is 0.278. The summed E-state index contributed by atoms with van der Waals surface area (Å²) in [6.45, 7) is 0. The smallest absolute Gasteiger partial charge is 0.225 e. The van der Waals surface area contributed by atoms with E-state index in [-0.39, 0.29) is 24.1 Å². The maximum Gasteiger partial charge on any atom is 0.225 e. The van der Waals surface area contributed by atoms with Gasteiger partial charge in [-0.2, -0.15) is 0 Å². The summed E-state index contributed by atoms with van der Waals surface area (Å²) >= 11 is 0. The SMILES string of the molecule is COc1cc2c(c(OC)c1)C(c1ccccc1F)CC(=O)N2. The number of hydrogen-bond acceptors (Lipinski definition) is 3. The Bertz CT molecular complexity index is 730. The van der Waals surface area contributed by atoms with Gasteiger partial charge in [-0.3, -0.25) is 4.79 Å². The number of halogens is 1. The standard InChI is InChI=1S/C17H16FNO3/c1-21-10-7-14-17(15(8-10)22-2)12(9-16(20)19-14)11-5-3-4-6-13(11)18/h3-8,12H,9H2,1-2H3,(H,19,20). The zero-order chi connectivity index (χ0) is 15.7. The van der Waals surface area contributed by atoms with Crippen molar-refractivity contribution in [3.63, 3.8) is 0 Å². The fraction of sp³-hybridized carbons (Fsp3) is 0.235.